The number of carbonyl (C=O) groups excluding carboxylic acids is 2. The Balaban J connectivity index is 1.59. The van der Waals surface area contributed by atoms with Crippen LogP contribution in [0.5, 0.6) is 5.75 Å². The Kier molecular flexibility index (Phi) is 5.41. The van der Waals surface area contributed by atoms with Gasteiger partial charge in [0, 0.05) is 50.0 Å². The van der Waals surface area contributed by atoms with Crippen LogP contribution >= 0.6 is 0 Å². The van der Waals surface area contributed by atoms with Crippen molar-refractivity contribution in [1.82, 2.24) is 4.90 Å². The average Bonchev–Trinajstić information content (AvgIpc) is 2.68. The van der Waals surface area contributed by atoms with Gasteiger partial charge in [0.15, 0.2) is 0 Å². The monoisotopic (exact) mass is 353 g/mol. The molecule has 2 aromatic rings. The van der Waals surface area contributed by atoms with E-state index in [4.69, 9.17) is 4.74 Å². The van der Waals surface area contributed by atoms with Crippen LogP contribution in [-0.4, -0.2) is 50.0 Å². The van der Waals surface area contributed by atoms with Crippen molar-refractivity contribution in [3.63, 3.8) is 0 Å². The lowest BCUT2D eigenvalue weighted by Gasteiger charge is -2.35. The van der Waals surface area contributed by atoms with E-state index >= 15 is 0 Å². The Bertz CT molecular complexity index is 764. The zero-order chi connectivity index (χ0) is 18.5. The highest BCUT2D eigenvalue weighted by Crippen LogP contribution is 2.20. The molecule has 2 amide bonds. The first kappa shape index (κ1) is 17.8. The maximum atomic E-state index is 12.3. The number of rotatable bonds is 4. The van der Waals surface area contributed by atoms with E-state index < -0.39 is 0 Å². The van der Waals surface area contributed by atoms with E-state index in [2.05, 4.69) is 10.2 Å². The van der Waals surface area contributed by atoms with E-state index in [1.807, 2.05) is 29.2 Å². The minimum absolute atomic E-state index is 0.126. The highest BCUT2D eigenvalue weighted by molar-refractivity contribution is 6.04. The van der Waals surface area contributed by atoms with Crippen LogP contribution in [0.1, 0.15) is 17.3 Å². The summed E-state index contributed by atoms with van der Waals surface area (Å²) in [6.07, 6.45) is 0. The lowest BCUT2D eigenvalue weighted by Crippen LogP contribution is -2.48. The first-order valence-electron chi connectivity index (χ1n) is 8.63. The second-order valence-electron chi connectivity index (χ2n) is 6.22. The van der Waals surface area contributed by atoms with Gasteiger partial charge in [-0.1, -0.05) is 0 Å². The van der Waals surface area contributed by atoms with Crippen molar-refractivity contribution in [2.24, 2.45) is 0 Å². The number of methoxy groups -OCH3 is 1. The Morgan fingerprint density at radius 1 is 0.923 bits per heavy atom. The third-order valence-electron chi connectivity index (χ3n) is 4.57. The smallest absolute Gasteiger partial charge is 0.255 e. The molecule has 1 N–H and O–H groups in total. The molecule has 26 heavy (non-hydrogen) atoms. The van der Waals surface area contributed by atoms with Gasteiger partial charge in [0.05, 0.1) is 7.11 Å². The van der Waals surface area contributed by atoms with Crippen molar-refractivity contribution < 1.29 is 14.3 Å². The summed E-state index contributed by atoms with van der Waals surface area (Å²) >= 11 is 0. The molecule has 0 unspecified atom stereocenters. The predicted molar refractivity (Wildman–Crippen MR) is 102 cm³/mol. The zero-order valence-corrected chi connectivity index (χ0v) is 15.1. The number of nitrogens with zero attached hydrogens (tertiary/aromatic N) is 2. The first-order valence-corrected chi connectivity index (χ1v) is 8.63. The van der Waals surface area contributed by atoms with Gasteiger partial charge in [0.1, 0.15) is 5.75 Å². The molecule has 1 aliphatic rings. The van der Waals surface area contributed by atoms with Gasteiger partial charge in [0.2, 0.25) is 5.91 Å². The molecule has 0 radical (unpaired) electrons. The standard InChI is InChI=1S/C20H23N3O3/c1-15(24)22-11-13-23(14-12-22)18-7-5-17(6-8-18)21-20(25)16-3-9-19(26-2)10-4-16/h3-10H,11-14H2,1-2H3,(H,21,25). The van der Waals surface area contributed by atoms with Crippen LogP contribution in [0.3, 0.4) is 0 Å². The molecule has 3 rings (SSSR count). The molecule has 2 aromatic carbocycles. The van der Waals surface area contributed by atoms with Crippen molar-refractivity contribution in [1.29, 1.82) is 0 Å². The van der Waals surface area contributed by atoms with Crippen LogP contribution in [-0.2, 0) is 4.79 Å². The van der Waals surface area contributed by atoms with Crippen molar-refractivity contribution >= 4 is 23.2 Å². The highest BCUT2D eigenvalue weighted by atomic mass is 16.5. The van der Waals surface area contributed by atoms with Gasteiger partial charge in [-0.25, -0.2) is 0 Å². The van der Waals surface area contributed by atoms with E-state index in [-0.39, 0.29) is 11.8 Å². The van der Waals surface area contributed by atoms with E-state index in [0.29, 0.717) is 5.56 Å². The number of carbonyl (C=O) groups is 2. The van der Waals surface area contributed by atoms with Crippen molar-refractivity contribution in [3.05, 3.63) is 54.1 Å². The summed E-state index contributed by atoms with van der Waals surface area (Å²) in [6.45, 7) is 4.72. The maximum Gasteiger partial charge on any atom is 0.255 e. The number of anilines is 2. The average molecular weight is 353 g/mol. The fraction of sp³-hybridized carbons (Fsp3) is 0.300. The second kappa shape index (κ2) is 7.91. The lowest BCUT2D eigenvalue weighted by atomic mass is 10.2. The van der Waals surface area contributed by atoms with Crippen LogP contribution in [0, 0.1) is 0 Å². The number of benzene rings is 2. The van der Waals surface area contributed by atoms with Gasteiger partial charge in [-0.3, -0.25) is 9.59 Å². The lowest BCUT2D eigenvalue weighted by molar-refractivity contribution is -0.129. The largest absolute Gasteiger partial charge is 0.497 e. The Morgan fingerprint density at radius 3 is 2.08 bits per heavy atom. The molecule has 6 heteroatoms. The second-order valence-corrected chi connectivity index (χ2v) is 6.22. The minimum atomic E-state index is -0.157. The molecule has 0 aliphatic carbocycles. The molecule has 0 bridgehead atoms. The topological polar surface area (TPSA) is 61.9 Å². The van der Waals surface area contributed by atoms with E-state index in [0.717, 1.165) is 43.3 Å². The van der Waals surface area contributed by atoms with Gasteiger partial charge < -0.3 is 19.9 Å². The van der Waals surface area contributed by atoms with Crippen LogP contribution in [0.4, 0.5) is 11.4 Å². The molecule has 1 heterocycles. The number of amides is 2. The molecule has 1 aliphatic heterocycles. The molecule has 0 aromatic heterocycles. The molecule has 1 saturated heterocycles. The molecular weight excluding hydrogens is 330 g/mol. The summed E-state index contributed by atoms with van der Waals surface area (Å²) in [5.41, 5.74) is 2.42. The number of hydrogen-bond acceptors (Lipinski definition) is 4. The summed E-state index contributed by atoms with van der Waals surface area (Å²) in [7, 11) is 1.59. The molecule has 1 fully saturated rings. The minimum Gasteiger partial charge on any atom is -0.497 e. The van der Waals surface area contributed by atoms with Gasteiger partial charge in [0.25, 0.3) is 5.91 Å². The summed E-state index contributed by atoms with van der Waals surface area (Å²) in [6, 6.07) is 14.8. The summed E-state index contributed by atoms with van der Waals surface area (Å²) in [5, 5.41) is 2.90. The Hall–Kier alpha value is -3.02. The van der Waals surface area contributed by atoms with Gasteiger partial charge in [-0.15, -0.1) is 0 Å². The number of nitrogens with one attached hydrogen (secondary N) is 1. The third-order valence-corrected chi connectivity index (χ3v) is 4.57. The van der Waals surface area contributed by atoms with E-state index in [1.54, 1.807) is 38.3 Å². The Morgan fingerprint density at radius 2 is 1.54 bits per heavy atom. The molecule has 0 spiro atoms. The normalized spacial score (nSPS) is 14.1. The first-order chi connectivity index (χ1) is 12.6. The third kappa shape index (κ3) is 4.14. The van der Waals surface area contributed by atoms with E-state index in [9.17, 15) is 9.59 Å². The highest BCUT2D eigenvalue weighted by Gasteiger charge is 2.18. The molecular formula is C20H23N3O3. The number of piperazine rings is 1. The SMILES string of the molecule is COc1ccc(C(=O)Nc2ccc(N3CCN(C(C)=O)CC3)cc2)cc1. The van der Waals surface area contributed by atoms with Gasteiger partial charge >= 0.3 is 0 Å². The Labute approximate surface area is 153 Å². The molecule has 6 nitrogen and oxygen atoms in total. The quantitative estimate of drug-likeness (QED) is 0.918. The van der Waals surface area contributed by atoms with E-state index in [1.165, 1.54) is 0 Å². The van der Waals surface area contributed by atoms with Crippen LogP contribution in [0.2, 0.25) is 0 Å². The predicted octanol–water partition coefficient (Wildman–Crippen LogP) is 2.62. The number of ether oxygens (including phenoxy) is 1. The van der Waals surface area contributed by atoms with Gasteiger partial charge in [-0.05, 0) is 48.5 Å². The fourth-order valence-electron chi connectivity index (χ4n) is 2.98. The maximum absolute atomic E-state index is 12.3. The molecule has 136 valence electrons. The number of hydrogen-bond donors (Lipinski definition) is 1. The van der Waals surface area contributed by atoms with Gasteiger partial charge in [-0.2, -0.15) is 0 Å². The molecule has 0 atom stereocenters. The zero-order valence-electron chi connectivity index (χ0n) is 15.1. The fourth-order valence-corrected chi connectivity index (χ4v) is 2.98. The molecule has 0 saturated carbocycles. The van der Waals surface area contributed by atoms with Crippen LogP contribution in [0.25, 0.3) is 0 Å². The summed E-state index contributed by atoms with van der Waals surface area (Å²) in [5.74, 6) is 0.687. The summed E-state index contributed by atoms with van der Waals surface area (Å²) in [4.78, 5) is 27.8. The summed E-state index contributed by atoms with van der Waals surface area (Å²) < 4.78 is 5.10. The van der Waals surface area contributed by atoms with Crippen molar-refractivity contribution in [3.8, 4) is 5.75 Å². The van der Waals surface area contributed by atoms with Crippen LogP contribution < -0.4 is 15.0 Å². The van der Waals surface area contributed by atoms with Crippen molar-refractivity contribution in [2.75, 3.05) is 43.5 Å². The van der Waals surface area contributed by atoms with Crippen LogP contribution in [0.15, 0.2) is 48.5 Å². The van der Waals surface area contributed by atoms with Crippen molar-refractivity contribution in [2.45, 2.75) is 6.92 Å².